The molecule has 2 saturated heterocycles. The SMILES string of the molecule is Cc1noc(C23CC(C)CC(C2)[N-]3)n1.[NH-]c1ccc(C(F)(F)F)c(-n2nccn2)c1.[Y]. The first kappa shape index (κ1) is 23.8. The van der Waals surface area contributed by atoms with Gasteiger partial charge in [-0.3, -0.25) is 0 Å². The van der Waals surface area contributed by atoms with Crippen molar-refractivity contribution in [2.45, 2.75) is 50.9 Å². The zero-order valence-corrected chi connectivity index (χ0v) is 19.8. The van der Waals surface area contributed by atoms with Crippen LogP contribution < -0.4 is 0 Å². The number of alkyl halides is 3. The van der Waals surface area contributed by atoms with Crippen LogP contribution in [0.3, 0.4) is 0 Å². The standard InChI is InChI=1S/C10H14N3O.C9H6F3N4.Y/c1-6-3-8-5-10(4-6,12-8)9-11-7(2)13-14-9;10-9(11,12)7-2-1-6(13)5-8(7)16-14-3-4-15-16;/h6,8H,3-5H2,1-2H3;1-5,13H;/q2*-1;. The van der Waals surface area contributed by atoms with E-state index in [0.717, 1.165) is 47.6 Å². The Morgan fingerprint density at radius 1 is 1.23 bits per heavy atom. The van der Waals surface area contributed by atoms with Gasteiger partial charge in [0.25, 0.3) is 0 Å². The topological polar surface area (TPSA) is 108 Å². The number of hydrogen-bond acceptors (Lipinski definition) is 5. The van der Waals surface area contributed by atoms with E-state index in [0.29, 0.717) is 11.9 Å². The van der Waals surface area contributed by atoms with Crippen LogP contribution in [0.2, 0.25) is 0 Å². The Hall–Kier alpha value is -1.85. The number of aryl methyl sites for hydroxylation is 1. The molecule has 12 heteroatoms. The molecular weight excluding hydrogens is 488 g/mol. The van der Waals surface area contributed by atoms with E-state index < -0.39 is 11.7 Å². The van der Waals surface area contributed by atoms with Gasteiger partial charge in [-0.15, -0.1) is 11.7 Å². The zero-order valence-electron chi connectivity index (χ0n) is 17.0. The molecule has 1 aromatic carbocycles. The molecule has 3 unspecified atom stereocenters. The number of aromatic nitrogens is 5. The fourth-order valence-electron chi connectivity index (χ4n) is 4.11. The van der Waals surface area contributed by atoms with Gasteiger partial charge in [-0.25, -0.2) is 0 Å². The maximum Gasteiger partial charge on any atom is 0.418 e. The van der Waals surface area contributed by atoms with Gasteiger partial charge in [0, 0.05) is 32.7 Å². The fraction of sp³-hybridized carbons (Fsp3) is 0.474. The van der Waals surface area contributed by atoms with Crippen LogP contribution in [0.15, 0.2) is 35.1 Å². The minimum atomic E-state index is -4.49. The fourth-order valence-corrected chi connectivity index (χ4v) is 4.11. The first-order valence-electron chi connectivity index (χ1n) is 9.49. The van der Waals surface area contributed by atoms with Crippen LogP contribution in [0.5, 0.6) is 0 Å². The number of hydrogen-bond donors (Lipinski definition) is 0. The smallest absolute Gasteiger partial charge is 0.418 e. The van der Waals surface area contributed by atoms with Crippen molar-refractivity contribution in [1.29, 1.82) is 0 Å². The van der Waals surface area contributed by atoms with Crippen LogP contribution in [0.1, 0.15) is 43.5 Å². The molecule has 3 aromatic rings. The number of fused-ring (bicyclic) bond motifs is 2. The van der Waals surface area contributed by atoms with Crippen LogP contribution in [0.25, 0.3) is 16.7 Å². The predicted molar refractivity (Wildman–Crippen MR) is 101 cm³/mol. The average Bonchev–Trinajstić information content (AvgIpc) is 3.31. The molecule has 1 N–H and O–H groups in total. The number of nitrogens with one attached hydrogen (secondary N) is 1. The van der Waals surface area contributed by atoms with E-state index in [1.54, 1.807) is 0 Å². The molecule has 3 atom stereocenters. The molecule has 8 nitrogen and oxygen atoms in total. The second-order valence-corrected chi connectivity index (χ2v) is 7.76. The third kappa shape index (κ3) is 4.99. The molecule has 6 rings (SSSR count). The van der Waals surface area contributed by atoms with Gasteiger partial charge in [-0.05, 0) is 30.5 Å². The van der Waals surface area contributed by atoms with E-state index in [-0.39, 0.29) is 49.6 Å². The molecule has 2 aliphatic heterocycles. The van der Waals surface area contributed by atoms with E-state index in [4.69, 9.17) is 15.6 Å². The summed E-state index contributed by atoms with van der Waals surface area (Å²) in [7, 11) is 0. The molecular formula is C19H20F3N7OY-2. The monoisotopic (exact) mass is 508 g/mol. The zero-order chi connectivity index (χ0) is 21.5. The van der Waals surface area contributed by atoms with Crippen LogP contribution in [0, 0.1) is 12.8 Å². The number of piperidine rings is 1. The summed E-state index contributed by atoms with van der Waals surface area (Å²) in [6.07, 6.45) is 1.48. The van der Waals surface area contributed by atoms with Crippen molar-refractivity contribution < 1.29 is 50.4 Å². The van der Waals surface area contributed by atoms with Crippen molar-refractivity contribution in [1.82, 2.24) is 25.1 Å². The Labute approximate surface area is 202 Å². The molecule has 1 saturated carbocycles. The van der Waals surface area contributed by atoms with Gasteiger partial charge in [-0.2, -0.15) is 33.1 Å². The molecule has 163 valence electrons. The van der Waals surface area contributed by atoms with Crippen molar-refractivity contribution in [2.75, 3.05) is 0 Å². The summed E-state index contributed by atoms with van der Waals surface area (Å²) in [5, 5.41) is 15.8. The molecule has 4 heterocycles. The molecule has 0 amide bonds. The Bertz CT molecular complexity index is 1020. The van der Waals surface area contributed by atoms with E-state index in [9.17, 15) is 13.2 Å². The van der Waals surface area contributed by atoms with Crippen LogP contribution in [-0.2, 0) is 44.4 Å². The van der Waals surface area contributed by atoms with Crippen LogP contribution >= 0.6 is 0 Å². The van der Waals surface area contributed by atoms with Gasteiger partial charge in [-0.1, -0.05) is 37.4 Å². The largest absolute Gasteiger partial charge is 0.699 e. The second kappa shape index (κ2) is 8.95. The number of halogens is 3. The van der Waals surface area contributed by atoms with Crippen molar-refractivity contribution in [3.05, 3.63) is 58.9 Å². The molecule has 2 aromatic heterocycles. The van der Waals surface area contributed by atoms with Gasteiger partial charge >= 0.3 is 6.18 Å². The van der Waals surface area contributed by atoms with Gasteiger partial charge in [0.15, 0.2) is 5.82 Å². The summed E-state index contributed by atoms with van der Waals surface area (Å²) in [4.78, 5) is 5.16. The Morgan fingerprint density at radius 3 is 2.45 bits per heavy atom. The van der Waals surface area contributed by atoms with Gasteiger partial charge in [0.2, 0.25) is 5.89 Å². The molecule has 31 heavy (non-hydrogen) atoms. The summed E-state index contributed by atoms with van der Waals surface area (Å²) in [5.74, 6) is 2.18. The van der Waals surface area contributed by atoms with Crippen LogP contribution in [0.4, 0.5) is 18.9 Å². The molecule has 3 fully saturated rings. The van der Waals surface area contributed by atoms with E-state index in [1.807, 2.05) is 6.92 Å². The molecule has 0 spiro atoms. The Balaban J connectivity index is 0.000000171. The Morgan fingerprint density at radius 2 is 1.90 bits per heavy atom. The van der Waals surface area contributed by atoms with Crippen molar-refractivity contribution in [3.8, 4) is 5.69 Å². The summed E-state index contributed by atoms with van der Waals surface area (Å²) in [6, 6.07) is 3.55. The van der Waals surface area contributed by atoms with Crippen molar-refractivity contribution >= 4 is 5.69 Å². The minimum Gasteiger partial charge on any atom is -0.699 e. The number of benzene rings is 1. The van der Waals surface area contributed by atoms with Crippen LogP contribution in [-0.4, -0.2) is 31.2 Å². The molecule has 1 aliphatic carbocycles. The molecule has 2 bridgehead atoms. The summed E-state index contributed by atoms with van der Waals surface area (Å²) in [6.45, 7) is 4.13. The van der Waals surface area contributed by atoms with Gasteiger partial charge in [0.1, 0.15) is 0 Å². The maximum atomic E-state index is 12.6. The summed E-state index contributed by atoms with van der Waals surface area (Å²) >= 11 is 0. The quantitative estimate of drug-likeness (QED) is 0.478. The third-order valence-corrected chi connectivity index (χ3v) is 5.23. The normalized spacial score (nSPS) is 24.4. The first-order valence-corrected chi connectivity index (χ1v) is 9.49. The average molecular weight is 508 g/mol. The summed E-state index contributed by atoms with van der Waals surface area (Å²) in [5.41, 5.74) is 6.06. The number of rotatable bonds is 2. The van der Waals surface area contributed by atoms with Gasteiger partial charge < -0.3 is 15.6 Å². The number of nitrogens with zero attached hydrogens (tertiary/aromatic N) is 6. The van der Waals surface area contributed by atoms with E-state index in [1.165, 1.54) is 18.8 Å². The third-order valence-electron chi connectivity index (χ3n) is 5.23. The summed E-state index contributed by atoms with van der Waals surface area (Å²) < 4.78 is 43.2. The van der Waals surface area contributed by atoms with E-state index >= 15 is 0 Å². The van der Waals surface area contributed by atoms with Crippen molar-refractivity contribution in [2.24, 2.45) is 5.92 Å². The van der Waals surface area contributed by atoms with Crippen molar-refractivity contribution in [3.63, 3.8) is 0 Å². The van der Waals surface area contributed by atoms with E-state index in [2.05, 4.69) is 27.3 Å². The van der Waals surface area contributed by atoms with Gasteiger partial charge in [0.05, 0.1) is 23.6 Å². The molecule has 1 radical (unpaired) electrons. The molecule has 3 aliphatic rings. The second-order valence-electron chi connectivity index (χ2n) is 7.76. The Kier molecular flexibility index (Phi) is 6.88. The predicted octanol–water partition coefficient (Wildman–Crippen LogP) is 5.12. The maximum absolute atomic E-state index is 12.6. The first-order chi connectivity index (χ1) is 14.2. The minimum absolute atomic E-state index is 0.